The molecule has 1 aliphatic rings. The van der Waals surface area contributed by atoms with Crippen molar-refractivity contribution in [1.82, 2.24) is 18.8 Å². The van der Waals surface area contributed by atoms with Gasteiger partial charge in [0, 0.05) is 34.2 Å². The number of nitrogens with one attached hydrogen (secondary N) is 1. The number of amides is 2. The monoisotopic (exact) mass is 334 g/mol. The lowest BCUT2D eigenvalue weighted by Crippen LogP contribution is -2.59. The minimum Gasteiger partial charge on any atom is -0.353 e. The average molecular weight is 334 g/mol. The molecule has 0 bridgehead atoms. The molecule has 1 rings (SSSR count). The number of hydrogen-bond acceptors (Lipinski definition) is 4. The molecule has 0 unspecified atom stereocenters. The molecule has 1 atom stereocenters. The van der Waals surface area contributed by atoms with Crippen LogP contribution in [0, 0.1) is 5.92 Å². The molecule has 0 aliphatic carbocycles. The predicted octanol–water partition coefficient (Wildman–Crippen LogP) is -0.902. The molecule has 1 heterocycles. The Hall–Kier alpha value is -1.19. The zero-order valence-corrected chi connectivity index (χ0v) is 14.7. The second-order valence-corrected chi connectivity index (χ2v) is 8.32. The Kier molecular flexibility index (Phi) is 6.33. The summed E-state index contributed by atoms with van der Waals surface area (Å²) in [5.41, 5.74) is 0. The number of piperazine rings is 1. The molecule has 1 saturated heterocycles. The summed E-state index contributed by atoms with van der Waals surface area (Å²) in [6, 6.07) is -0.531. The van der Waals surface area contributed by atoms with E-state index in [1.54, 1.807) is 0 Å². The van der Waals surface area contributed by atoms with Gasteiger partial charge in [0.25, 0.3) is 10.2 Å². The van der Waals surface area contributed by atoms with Gasteiger partial charge in [-0.05, 0) is 12.3 Å². The fourth-order valence-corrected chi connectivity index (χ4v) is 3.17. The number of carbonyl (C=O) groups is 2. The van der Waals surface area contributed by atoms with Gasteiger partial charge in [-0.15, -0.1) is 0 Å². The SMILES string of the molecule is CC(C)C[C@H]1C(=O)NCCN1C(=O)CN(C)S(=O)(=O)N(C)C. The molecular weight excluding hydrogens is 308 g/mol. The molecule has 1 N–H and O–H groups in total. The summed E-state index contributed by atoms with van der Waals surface area (Å²) < 4.78 is 26.0. The molecule has 1 fully saturated rings. The zero-order valence-electron chi connectivity index (χ0n) is 13.9. The first kappa shape index (κ1) is 18.9. The van der Waals surface area contributed by atoms with Crippen molar-refractivity contribution in [3.63, 3.8) is 0 Å². The van der Waals surface area contributed by atoms with Crippen LogP contribution < -0.4 is 5.32 Å². The van der Waals surface area contributed by atoms with Gasteiger partial charge >= 0.3 is 0 Å². The first-order valence-electron chi connectivity index (χ1n) is 7.28. The molecule has 22 heavy (non-hydrogen) atoms. The third-order valence-corrected chi connectivity index (χ3v) is 5.40. The fraction of sp³-hybridized carbons (Fsp3) is 0.846. The number of nitrogens with zero attached hydrogens (tertiary/aromatic N) is 3. The third-order valence-electron chi connectivity index (χ3n) is 3.56. The number of likely N-dealkylation sites (N-methyl/N-ethyl adjacent to an activating group) is 1. The van der Waals surface area contributed by atoms with Crippen LogP contribution in [0.4, 0.5) is 0 Å². The van der Waals surface area contributed by atoms with E-state index in [2.05, 4.69) is 5.32 Å². The van der Waals surface area contributed by atoms with Crippen LogP contribution in [0.2, 0.25) is 0 Å². The average Bonchev–Trinajstić information content (AvgIpc) is 2.40. The summed E-state index contributed by atoms with van der Waals surface area (Å²) in [5, 5.41) is 2.75. The highest BCUT2D eigenvalue weighted by atomic mass is 32.2. The molecule has 0 spiro atoms. The maximum absolute atomic E-state index is 12.4. The smallest absolute Gasteiger partial charge is 0.281 e. The van der Waals surface area contributed by atoms with Crippen molar-refractivity contribution in [2.45, 2.75) is 26.3 Å². The zero-order chi connectivity index (χ0) is 17.1. The molecule has 2 amide bonds. The van der Waals surface area contributed by atoms with Crippen molar-refractivity contribution in [3.05, 3.63) is 0 Å². The van der Waals surface area contributed by atoms with Crippen LogP contribution in [0.15, 0.2) is 0 Å². The Morgan fingerprint density at radius 2 is 1.95 bits per heavy atom. The summed E-state index contributed by atoms with van der Waals surface area (Å²) in [5.74, 6) is -0.271. The molecule has 0 radical (unpaired) electrons. The van der Waals surface area contributed by atoms with Crippen molar-refractivity contribution in [1.29, 1.82) is 0 Å². The maximum atomic E-state index is 12.4. The van der Waals surface area contributed by atoms with Gasteiger partial charge < -0.3 is 10.2 Å². The van der Waals surface area contributed by atoms with Gasteiger partial charge in [0.1, 0.15) is 6.04 Å². The van der Waals surface area contributed by atoms with Gasteiger partial charge in [0.05, 0.1) is 6.54 Å². The van der Waals surface area contributed by atoms with E-state index in [1.165, 1.54) is 26.0 Å². The van der Waals surface area contributed by atoms with Gasteiger partial charge in [-0.3, -0.25) is 9.59 Å². The fourth-order valence-electron chi connectivity index (χ4n) is 2.34. The minimum atomic E-state index is -3.65. The van der Waals surface area contributed by atoms with E-state index in [0.717, 1.165) is 8.61 Å². The maximum Gasteiger partial charge on any atom is 0.281 e. The standard InChI is InChI=1S/C13H26N4O4S/c1-10(2)8-11-13(19)14-6-7-17(11)12(18)9-16(5)22(20,21)15(3)4/h10-11H,6-9H2,1-5H3,(H,14,19)/t11-/m0/s1. The number of carbonyl (C=O) groups excluding carboxylic acids is 2. The van der Waals surface area contributed by atoms with Gasteiger partial charge in [-0.2, -0.15) is 17.0 Å². The second kappa shape index (κ2) is 7.38. The normalized spacial score (nSPS) is 19.9. The summed E-state index contributed by atoms with van der Waals surface area (Å²) in [4.78, 5) is 25.9. The van der Waals surface area contributed by atoms with Crippen molar-refractivity contribution in [2.24, 2.45) is 5.92 Å². The van der Waals surface area contributed by atoms with E-state index in [9.17, 15) is 18.0 Å². The molecule has 9 heteroatoms. The number of hydrogen-bond donors (Lipinski definition) is 1. The van der Waals surface area contributed by atoms with Crippen LogP contribution >= 0.6 is 0 Å². The van der Waals surface area contributed by atoms with Gasteiger partial charge in [-0.1, -0.05) is 13.8 Å². The Balaban J connectivity index is 2.83. The quantitative estimate of drug-likeness (QED) is 0.681. The van der Waals surface area contributed by atoms with E-state index >= 15 is 0 Å². The van der Waals surface area contributed by atoms with E-state index in [4.69, 9.17) is 0 Å². The van der Waals surface area contributed by atoms with E-state index in [0.29, 0.717) is 19.5 Å². The van der Waals surface area contributed by atoms with Crippen molar-refractivity contribution < 1.29 is 18.0 Å². The molecule has 0 aromatic heterocycles. The molecule has 8 nitrogen and oxygen atoms in total. The van der Waals surface area contributed by atoms with Gasteiger partial charge in [0.2, 0.25) is 11.8 Å². The van der Waals surface area contributed by atoms with Crippen LogP contribution in [0.3, 0.4) is 0 Å². The summed E-state index contributed by atoms with van der Waals surface area (Å²) in [6.45, 7) is 4.48. The molecular formula is C13H26N4O4S. The van der Waals surface area contributed by atoms with Crippen molar-refractivity contribution in [2.75, 3.05) is 40.8 Å². The Labute approximate surface area is 132 Å². The summed E-state index contributed by atoms with van der Waals surface area (Å²) in [6.07, 6.45) is 0.557. The van der Waals surface area contributed by atoms with E-state index < -0.39 is 16.3 Å². The third kappa shape index (κ3) is 4.40. The molecule has 128 valence electrons. The topological polar surface area (TPSA) is 90.0 Å². The van der Waals surface area contributed by atoms with E-state index in [-0.39, 0.29) is 24.3 Å². The first-order chi connectivity index (χ1) is 10.1. The van der Waals surface area contributed by atoms with Gasteiger partial charge in [-0.25, -0.2) is 0 Å². The van der Waals surface area contributed by atoms with Crippen LogP contribution in [0.1, 0.15) is 20.3 Å². The highest BCUT2D eigenvalue weighted by Gasteiger charge is 2.35. The van der Waals surface area contributed by atoms with Crippen molar-refractivity contribution >= 4 is 22.0 Å². The highest BCUT2D eigenvalue weighted by Crippen LogP contribution is 2.15. The largest absolute Gasteiger partial charge is 0.353 e. The summed E-state index contributed by atoms with van der Waals surface area (Å²) >= 11 is 0. The summed E-state index contributed by atoms with van der Waals surface area (Å²) in [7, 11) is 0.528. The Morgan fingerprint density at radius 3 is 2.45 bits per heavy atom. The number of rotatable bonds is 6. The highest BCUT2D eigenvalue weighted by molar-refractivity contribution is 7.86. The lowest BCUT2D eigenvalue weighted by molar-refractivity contribution is -0.143. The molecule has 0 aromatic carbocycles. The van der Waals surface area contributed by atoms with E-state index in [1.807, 2.05) is 13.8 Å². The molecule has 1 aliphatic heterocycles. The van der Waals surface area contributed by atoms with Crippen LogP contribution in [0.5, 0.6) is 0 Å². The minimum absolute atomic E-state index is 0.175. The Morgan fingerprint density at radius 1 is 1.36 bits per heavy atom. The lowest BCUT2D eigenvalue weighted by Gasteiger charge is -2.36. The first-order valence-corrected chi connectivity index (χ1v) is 8.68. The van der Waals surface area contributed by atoms with Crippen LogP contribution in [-0.4, -0.2) is 80.6 Å². The second-order valence-electron chi connectivity index (χ2n) is 6.07. The predicted molar refractivity (Wildman–Crippen MR) is 83.2 cm³/mol. The Bertz CT molecular complexity index is 518. The van der Waals surface area contributed by atoms with Crippen LogP contribution in [0.25, 0.3) is 0 Å². The van der Waals surface area contributed by atoms with Crippen molar-refractivity contribution in [3.8, 4) is 0 Å². The molecule has 0 saturated carbocycles. The van der Waals surface area contributed by atoms with Crippen LogP contribution in [-0.2, 0) is 19.8 Å². The van der Waals surface area contributed by atoms with Gasteiger partial charge in [0.15, 0.2) is 0 Å². The molecule has 0 aromatic rings. The lowest BCUT2D eigenvalue weighted by atomic mass is 10.00.